The van der Waals surface area contributed by atoms with Crippen LogP contribution in [-0.4, -0.2) is 56.9 Å². The maximum absolute atomic E-state index is 13.2. The number of nitrogens with zero attached hydrogens (tertiary/aromatic N) is 2. The van der Waals surface area contributed by atoms with Crippen LogP contribution in [0.3, 0.4) is 0 Å². The van der Waals surface area contributed by atoms with Crippen molar-refractivity contribution in [2.75, 3.05) is 39.7 Å². The van der Waals surface area contributed by atoms with Crippen molar-refractivity contribution >= 4 is 17.3 Å². The Bertz CT molecular complexity index is 1270. The minimum absolute atomic E-state index is 0.199. The van der Waals surface area contributed by atoms with E-state index < -0.39 is 0 Å². The topological polar surface area (TPSA) is 63.2 Å². The highest BCUT2D eigenvalue weighted by molar-refractivity contribution is 6.15. The van der Waals surface area contributed by atoms with Crippen LogP contribution < -0.4 is 14.8 Å². The first-order valence-electron chi connectivity index (χ1n) is 11.7. The van der Waals surface area contributed by atoms with Crippen LogP contribution in [0.1, 0.15) is 39.4 Å². The average molecular weight is 474 g/mol. The fourth-order valence-corrected chi connectivity index (χ4v) is 4.95. The van der Waals surface area contributed by atoms with Crippen LogP contribution in [0.5, 0.6) is 11.5 Å². The number of rotatable bonds is 5. The van der Waals surface area contributed by atoms with E-state index in [1.807, 2.05) is 30.3 Å². The number of ether oxygens (including phenoxy) is 2. The van der Waals surface area contributed by atoms with Gasteiger partial charge in [0.15, 0.2) is 11.5 Å². The van der Waals surface area contributed by atoms with Gasteiger partial charge in [-0.3, -0.25) is 9.79 Å². The molecule has 1 fully saturated rings. The van der Waals surface area contributed by atoms with Crippen LogP contribution in [0.4, 0.5) is 10.1 Å². The van der Waals surface area contributed by atoms with Crippen molar-refractivity contribution in [3.63, 3.8) is 0 Å². The number of halogens is 1. The predicted octanol–water partition coefficient (Wildman–Crippen LogP) is 4.73. The van der Waals surface area contributed by atoms with E-state index in [0.29, 0.717) is 22.9 Å². The van der Waals surface area contributed by atoms with Gasteiger partial charge in [0.1, 0.15) is 5.82 Å². The molecule has 3 aromatic carbocycles. The lowest BCUT2D eigenvalue weighted by Gasteiger charge is -2.39. The van der Waals surface area contributed by atoms with Crippen molar-refractivity contribution in [1.82, 2.24) is 4.90 Å². The van der Waals surface area contributed by atoms with Gasteiger partial charge in [0, 0.05) is 34.8 Å². The monoisotopic (exact) mass is 473 g/mol. The largest absolute Gasteiger partial charge is 0.493 e. The van der Waals surface area contributed by atoms with Crippen molar-refractivity contribution in [3.05, 3.63) is 88.7 Å². The second kappa shape index (κ2) is 9.50. The van der Waals surface area contributed by atoms with Gasteiger partial charge in [-0.25, -0.2) is 4.39 Å². The van der Waals surface area contributed by atoms with Crippen LogP contribution >= 0.6 is 0 Å². The van der Waals surface area contributed by atoms with E-state index in [0.717, 1.165) is 42.1 Å². The zero-order valence-corrected chi connectivity index (χ0v) is 20.0. The summed E-state index contributed by atoms with van der Waals surface area (Å²) in [5, 5.41) is 2.87. The number of benzene rings is 3. The molecule has 0 radical (unpaired) electrons. The summed E-state index contributed by atoms with van der Waals surface area (Å²) in [6.07, 6.45) is 0.990. The molecule has 0 aliphatic carbocycles. The number of methoxy groups -OCH3 is 2. The summed E-state index contributed by atoms with van der Waals surface area (Å²) in [7, 11) is 5.44. The molecule has 35 heavy (non-hydrogen) atoms. The Labute approximate surface area is 204 Å². The van der Waals surface area contributed by atoms with Gasteiger partial charge in [-0.1, -0.05) is 12.1 Å². The molecule has 7 heteroatoms. The summed E-state index contributed by atoms with van der Waals surface area (Å²) >= 11 is 0. The molecule has 5 rings (SSSR count). The maximum Gasteiger partial charge on any atom is 0.255 e. The number of likely N-dealkylation sites (N-methyl/N-ethyl adjacent to an activating group) is 1. The van der Waals surface area contributed by atoms with Gasteiger partial charge in [-0.15, -0.1) is 0 Å². The zero-order chi connectivity index (χ0) is 24.5. The van der Waals surface area contributed by atoms with E-state index in [4.69, 9.17) is 14.5 Å². The fourth-order valence-electron chi connectivity index (χ4n) is 4.95. The maximum atomic E-state index is 13.2. The smallest absolute Gasteiger partial charge is 0.255 e. The number of amides is 1. The lowest BCUT2D eigenvalue weighted by atomic mass is 9.79. The van der Waals surface area contributed by atoms with Gasteiger partial charge in [-0.05, 0) is 74.1 Å². The summed E-state index contributed by atoms with van der Waals surface area (Å²) in [5.41, 5.74) is 5.21. The molecule has 6 nitrogen and oxygen atoms in total. The highest BCUT2D eigenvalue weighted by Crippen LogP contribution is 2.42. The average Bonchev–Trinajstić information content (AvgIpc) is 2.88. The van der Waals surface area contributed by atoms with Gasteiger partial charge in [0.2, 0.25) is 0 Å². The van der Waals surface area contributed by atoms with E-state index in [-0.39, 0.29) is 17.8 Å². The molecule has 2 aliphatic rings. The number of aliphatic imine (C=N–C) groups is 1. The summed E-state index contributed by atoms with van der Waals surface area (Å²) in [4.78, 5) is 20.0. The van der Waals surface area contributed by atoms with Crippen LogP contribution in [0.15, 0.2) is 65.7 Å². The number of anilines is 1. The van der Waals surface area contributed by atoms with Crippen molar-refractivity contribution in [3.8, 4) is 11.5 Å². The molecule has 0 unspecified atom stereocenters. The Balaban J connectivity index is 1.47. The molecule has 1 amide bonds. The minimum Gasteiger partial charge on any atom is -0.493 e. The Morgan fingerprint density at radius 2 is 1.71 bits per heavy atom. The number of likely N-dealkylation sites (tertiary alicyclic amines) is 1. The van der Waals surface area contributed by atoms with Crippen LogP contribution in [-0.2, 0) is 0 Å². The first-order valence-corrected chi connectivity index (χ1v) is 11.7. The number of hydrogen-bond acceptors (Lipinski definition) is 5. The van der Waals surface area contributed by atoms with Crippen molar-refractivity contribution in [1.29, 1.82) is 0 Å². The molecule has 1 N–H and O–H groups in total. The third-order valence-corrected chi connectivity index (χ3v) is 6.81. The highest BCUT2D eigenvalue weighted by atomic mass is 19.1. The summed E-state index contributed by atoms with van der Waals surface area (Å²) < 4.78 is 24.4. The number of nitrogens with one attached hydrogen (secondary N) is 1. The van der Waals surface area contributed by atoms with E-state index in [1.165, 1.54) is 29.8 Å². The SMILES string of the molecule is COc1cc2c(cc1OC)[C@H]1CN(C)CC[C@H]1N=C2c1ccc(NC(=O)c2ccc(F)cc2)cc1. The van der Waals surface area contributed by atoms with Crippen molar-refractivity contribution in [2.24, 2.45) is 4.99 Å². The van der Waals surface area contributed by atoms with Gasteiger partial charge in [0.25, 0.3) is 5.91 Å². The summed E-state index contributed by atoms with van der Waals surface area (Å²) in [5.74, 6) is 1.02. The lowest BCUT2D eigenvalue weighted by Crippen LogP contribution is -2.41. The molecule has 0 bridgehead atoms. The highest BCUT2D eigenvalue weighted by Gasteiger charge is 2.36. The first kappa shape index (κ1) is 23.1. The summed E-state index contributed by atoms with van der Waals surface area (Å²) in [6.45, 7) is 1.95. The standard InChI is InChI=1S/C28H28FN3O3/c1-32-13-12-24-23(16-32)21-14-25(34-2)26(35-3)15-22(21)27(31-24)17-6-10-20(11-7-17)30-28(33)18-4-8-19(29)9-5-18/h4-11,14-15,23-24H,12-13,16H2,1-3H3,(H,30,33)/t23-,24-/m1/s1. The molecule has 180 valence electrons. The van der Waals surface area contributed by atoms with Gasteiger partial charge < -0.3 is 19.7 Å². The number of carbonyl (C=O) groups excluding carboxylic acids is 1. The number of carbonyl (C=O) groups is 1. The van der Waals surface area contributed by atoms with E-state index in [9.17, 15) is 9.18 Å². The van der Waals surface area contributed by atoms with Crippen LogP contribution in [0.2, 0.25) is 0 Å². The zero-order valence-electron chi connectivity index (χ0n) is 20.0. The van der Waals surface area contributed by atoms with E-state index >= 15 is 0 Å². The molecule has 0 saturated carbocycles. The Morgan fingerprint density at radius 3 is 2.40 bits per heavy atom. The fraction of sp³-hybridized carbons (Fsp3) is 0.286. The van der Waals surface area contributed by atoms with Gasteiger partial charge in [-0.2, -0.15) is 0 Å². The Kier molecular flexibility index (Phi) is 6.26. The molecule has 0 aromatic heterocycles. The molecular weight excluding hydrogens is 445 g/mol. The molecule has 2 heterocycles. The van der Waals surface area contributed by atoms with Crippen molar-refractivity contribution in [2.45, 2.75) is 18.4 Å². The molecule has 2 atom stereocenters. The van der Waals surface area contributed by atoms with E-state index in [2.05, 4.69) is 23.3 Å². The quantitative estimate of drug-likeness (QED) is 0.582. The molecular formula is C28H28FN3O3. The Morgan fingerprint density at radius 1 is 1.03 bits per heavy atom. The number of fused-ring (bicyclic) bond motifs is 3. The number of hydrogen-bond donors (Lipinski definition) is 1. The second-order valence-corrected chi connectivity index (χ2v) is 9.04. The second-order valence-electron chi connectivity index (χ2n) is 9.04. The minimum atomic E-state index is -0.374. The lowest BCUT2D eigenvalue weighted by molar-refractivity contribution is 0.102. The normalized spacial score (nSPS) is 19.3. The molecule has 3 aromatic rings. The summed E-state index contributed by atoms with van der Waals surface area (Å²) in [6, 6.07) is 17.4. The molecule has 0 spiro atoms. The Hall–Kier alpha value is -3.71. The van der Waals surface area contributed by atoms with Crippen LogP contribution in [0, 0.1) is 5.82 Å². The predicted molar refractivity (Wildman–Crippen MR) is 135 cm³/mol. The van der Waals surface area contributed by atoms with Crippen molar-refractivity contribution < 1.29 is 18.7 Å². The van der Waals surface area contributed by atoms with E-state index in [1.54, 1.807) is 14.2 Å². The third kappa shape index (κ3) is 4.51. The first-order chi connectivity index (χ1) is 17.0. The van der Waals surface area contributed by atoms with Gasteiger partial charge >= 0.3 is 0 Å². The molecule has 1 saturated heterocycles. The number of piperidine rings is 1. The molecule has 2 aliphatic heterocycles. The van der Waals surface area contributed by atoms with Gasteiger partial charge in [0.05, 0.1) is 26.0 Å². The third-order valence-electron chi connectivity index (χ3n) is 6.81. The van der Waals surface area contributed by atoms with Crippen LogP contribution in [0.25, 0.3) is 0 Å².